The van der Waals surface area contributed by atoms with E-state index >= 15 is 0 Å². The van der Waals surface area contributed by atoms with Gasteiger partial charge in [0.05, 0.1) is 25.9 Å². The number of hydrogen-bond acceptors (Lipinski definition) is 23. The Hall–Kier alpha value is -4.44. The molecule has 0 aliphatic carbocycles. The van der Waals surface area contributed by atoms with Crippen molar-refractivity contribution in [1.29, 1.82) is 0 Å². The minimum atomic E-state index is -1.44. The first kappa shape index (κ1) is 74.8. The number of carbonyl (C=O) groups excluding carboxylic acids is 8. The van der Waals surface area contributed by atoms with Crippen molar-refractivity contribution in [3.8, 4) is 0 Å². The molecule has 29 nitrogen and oxygen atoms in total. The summed E-state index contributed by atoms with van der Waals surface area (Å²) in [6, 6.07) is -4.20. The third-order valence-electron chi connectivity index (χ3n) is 14.9. The Bertz CT molecular complexity index is 2030. The van der Waals surface area contributed by atoms with Crippen LogP contribution in [0.15, 0.2) is 0 Å². The first-order valence-electron chi connectivity index (χ1n) is 29.9. The lowest BCUT2D eigenvalue weighted by Gasteiger charge is -2.42. The van der Waals surface area contributed by atoms with Crippen LogP contribution >= 0.6 is 0 Å². The minimum absolute atomic E-state index is 0.00484. The van der Waals surface area contributed by atoms with E-state index in [0.29, 0.717) is 90.0 Å². The normalized spacial score (nSPS) is 28.3. The van der Waals surface area contributed by atoms with Gasteiger partial charge >= 0.3 is 0 Å². The first-order valence-corrected chi connectivity index (χ1v) is 29.9. The van der Waals surface area contributed by atoms with Crippen molar-refractivity contribution in [3.63, 3.8) is 0 Å². The van der Waals surface area contributed by atoms with E-state index < -0.39 is 153 Å². The number of aliphatic hydroxyl groups is 9. The van der Waals surface area contributed by atoms with Gasteiger partial charge in [0.1, 0.15) is 78.8 Å². The number of aliphatic hydroxyl groups excluding tert-OH is 9. The van der Waals surface area contributed by atoms with Crippen molar-refractivity contribution in [2.75, 3.05) is 52.7 Å². The SMILES string of the molecule is CC(=O)CC(CCC(=O)NC(CCC(=O)NCCCCCCOC1OC(CO)C(O)C(O)C1NC(C)=O)C(=O)CCCCCCCOC1OC(CO)C(O)C(O)C1NC(C)=O)C(=O)NCCCCCCOC1OC(CO)C(O)C(O)C1NC(C)=O. The molecule has 0 aromatic rings. The highest BCUT2D eigenvalue weighted by Gasteiger charge is 2.48. The van der Waals surface area contributed by atoms with Gasteiger partial charge in [-0.05, 0) is 58.3 Å². The molecule has 29 heteroatoms. The molecule has 3 saturated heterocycles. The summed E-state index contributed by atoms with van der Waals surface area (Å²) in [5.41, 5.74) is 0. The predicted molar refractivity (Wildman–Crippen MR) is 299 cm³/mol. The highest BCUT2D eigenvalue weighted by atomic mass is 16.7. The fourth-order valence-corrected chi connectivity index (χ4v) is 10.2. The molecule has 3 aliphatic heterocycles. The summed E-state index contributed by atoms with van der Waals surface area (Å²) >= 11 is 0. The molecule has 6 amide bonds. The smallest absolute Gasteiger partial charge is 0.223 e. The lowest BCUT2D eigenvalue weighted by molar-refractivity contribution is -0.270. The molecule has 3 heterocycles. The van der Waals surface area contributed by atoms with Crippen molar-refractivity contribution in [3.05, 3.63) is 0 Å². The molecule has 15 N–H and O–H groups in total. The topological polar surface area (TPSA) is 446 Å². The Morgan fingerprint density at radius 1 is 0.435 bits per heavy atom. The van der Waals surface area contributed by atoms with Crippen LogP contribution in [0.3, 0.4) is 0 Å². The van der Waals surface area contributed by atoms with E-state index in [1.165, 1.54) is 27.7 Å². The van der Waals surface area contributed by atoms with E-state index in [1.807, 2.05) is 0 Å². The Labute approximate surface area is 496 Å². The molecule has 3 rings (SSSR count). The molecule has 3 aliphatic rings. The number of carbonyl (C=O) groups is 8. The summed E-state index contributed by atoms with van der Waals surface area (Å²) in [7, 11) is 0. The maximum Gasteiger partial charge on any atom is 0.223 e. The first-order chi connectivity index (χ1) is 40.5. The van der Waals surface area contributed by atoms with E-state index in [1.54, 1.807) is 0 Å². The molecule has 17 unspecified atom stereocenters. The number of nitrogens with one attached hydrogen (secondary N) is 6. The second kappa shape index (κ2) is 40.9. The van der Waals surface area contributed by atoms with E-state index in [2.05, 4.69) is 31.9 Å². The van der Waals surface area contributed by atoms with Crippen molar-refractivity contribution in [2.45, 2.75) is 248 Å². The maximum atomic E-state index is 13.7. The molecule has 85 heavy (non-hydrogen) atoms. The summed E-state index contributed by atoms with van der Waals surface area (Å²) < 4.78 is 34.1. The van der Waals surface area contributed by atoms with Crippen molar-refractivity contribution in [1.82, 2.24) is 31.9 Å². The molecule has 3 fully saturated rings. The van der Waals surface area contributed by atoms with Crippen LogP contribution in [0.25, 0.3) is 0 Å². The van der Waals surface area contributed by atoms with E-state index in [4.69, 9.17) is 28.4 Å². The summed E-state index contributed by atoms with van der Waals surface area (Å²) in [6.45, 7) is 4.48. The van der Waals surface area contributed by atoms with E-state index in [0.717, 1.165) is 0 Å². The largest absolute Gasteiger partial charge is 0.394 e. The molecule has 0 aromatic carbocycles. The van der Waals surface area contributed by atoms with Gasteiger partial charge in [0.15, 0.2) is 24.7 Å². The molecule has 0 bridgehead atoms. The number of ether oxygens (including phenoxy) is 6. The second-order valence-corrected chi connectivity index (χ2v) is 22.2. The van der Waals surface area contributed by atoms with Gasteiger partial charge in [0, 0.05) is 85.3 Å². The van der Waals surface area contributed by atoms with Crippen LogP contribution < -0.4 is 31.9 Å². The zero-order valence-electron chi connectivity index (χ0n) is 49.6. The highest BCUT2D eigenvalue weighted by Crippen LogP contribution is 2.26. The monoisotopic (exact) mass is 1220 g/mol. The average molecular weight is 1220 g/mol. The Balaban J connectivity index is 1.48. The van der Waals surface area contributed by atoms with Crippen LogP contribution in [0, 0.1) is 5.92 Å². The van der Waals surface area contributed by atoms with Crippen LogP contribution in [0.1, 0.15) is 150 Å². The summed E-state index contributed by atoms with van der Waals surface area (Å²) in [6.07, 6.45) is -7.58. The van der Waals surface area contributed by atoms with Crippen LogP contribution in [-0.4, -0.2) is 244 Å². The van der Waals surface area contributed by atoms with Crippen LogP contribution in [0.5, 0.6) is 0 Å². The Morgan fingerprint density at radius 2 is 0.800 bits per heavy atom. The van der Waals surface area contributed by atoms with Gasteiger partial charge in [-0.15, -0.1) is 0 Å². The number of unbranched alkanes of at least 4 members (excludes halogenated alkanes) is 10. The van der Waals surface area contributed by atoms with E-state index in [9.17, 15) is 84.3 Å². The summed E-state index contributed by atoms with van der Waals surface area (Å²) in [4.78, 5) is 101. The molecule has 0 radical (unpaired) electrons. The fraction of sp³-hybridized carbons (Fsp3) is 0.857. The second-order valence-electron chi connectivity index (χ2n) is 22.2. The lowest BCUT2D eigenvalue weighted by Crippen LogP contribution is -2.64. The lowest BCUT2D eigenvalue weighted by atomic mass is 9.95. The van der Waals surface area contributed by atoms with Gasteiger partial charge in [-0.1, -0.05) is 44.9 Å². The van der Waals surface area contributed by atoms with Crippen molar-refractivity contribution >= 4 is 47.0 Å². The van der Waals surface area contributed by atoms with Crippen molar-refractivity contribution in [2.24, 2.45) is 5.92 Å². The fourth-order valence-electron chi connectivity index (χ4n) is 10.2. The van der Waals surface area contributed by atoms with Gasteiger partial charge in [0.25, 0.3) is 0 Å². The quantitative estimate of drug-likeness (QED) is 0.0267. The number of Topliss-reactive ketones (excluding diaryl/α,β-unsaturated/α-hetero) is 2. The highest BCUT2D eigenvalue weighted by molar-refractivity contribution is 5.90. The molecule has 0 saturated carbocycles. The van der Waals surface area contributed by atoms with Gasteiger partial charge < -0.3 is 111 Å². The molecule has 490 valence electrons. The zero-order chi connectivity index (χ0) is 63.0. The van der Waals surface area contributed by atoms with E-state index in [-0.39, 0.29) is 82.4 Å². The third kappa shape index (κ3) is 27.2. The van der Waals surface area contributed by atoms with Gasteiger partial charge in [-0.25, -0.2) is 0 Å². The van der Waals surface area contributed by atoms with Crippen LogP contribution in [-0.2, 0) is 66.8 Å². The number of rotatable bonds is 42. The molecule has 0 spiro atoms. The molecule has 17 atom stereocenters. The summed E-state index contributed by atoms with van der Waals surface area (Å²) in [5.74, 6) is -4.09. The van der Waals surface area contributed by atoms with Gasteiger partial charge in [-0.3, -0.25) is 33.6 Å². The average Bonchev–Trinajstić information content (AvgIpc) is 3.51. The summed E-state index contributed by atoms with van der Waals surface area (Å²) in [5, 5.41) is 107. The number of hydrogen-bond donors (Lipinski definition) is 15. The van der Waals surface area contributed by atoms with Crippen molar-refractivity contribution < 1.29 is 113 Å². The Kier molecular flexibility index (Phi) is 36.0. The number of amides is 6. The van der Waals surface area contributed by atoms with Crippen LogP contribution in [0.2, 0.25) is 0 Å². The number of ketones is 2. The standard InChI is InChI=1S/C56H98N6O23/c1-32(66)28-36(53(79)58-24-14-8-11-17-27-82-56-46(61-35(4)69)52(78)49(75)41(31-65)85-56)19-21-43(72)62-37(38(70)18-12-6-5-9-15-25-80-54-44(59-33(2)67)50(76)47(73)39(29-63)83-54)20-22-42(71)57-23-13-7-10-16-26-81-55-45(60-34(3)68)51(77)48(74)40(30-64)84-55/h36-37,39-41,44-52,54-56,63-65,73-78H,5-31H2,1-4H3,(H,57,71)(H,58,79)(H,59,67)(H,60,68)(H,61,69)(H,62,72). The third-order valence-corrected chi connectivity index (χ3v) is 14.9. The molecular formula is C56H98N6O23. The Morgan fingerprint density at radius 3 is 1.19 bits per heavy atom. The van der Waals surface area contributed by atoms with Crippen LogP contribution in [0.4, 0.5) is 0 Å². The molecule has 0 aromatic heterocycles. The minimum Gasteiger partial charge on any atom is -0.394 e. The zero-order valence-corrected chi connectivity index (χ0v) is 49.6. The van der Waals surface area contributed by atoms with Gasteiger partial charge in [0.2, 0.25) is 35.4 Å². The predicted octanol–water partition coefficient (Wildman–Crippen LogP) is -3.23. The van der Waals surface area contributed by atoms with Gasteiger partial charge in [-0.2, -0.15) is 0 Å². The maximum absolute atomic E-state index is 13.7. The molecular weight excluding hydrogens is 1120 g/mol.